The van der Waals surface area contributed by atoms with Crippen LogP contribution >= 0.6 is 15.9 Å². The van der Waals surface area contributed by atoms with E-state index in [1.807, 2.05) is 0 Å². The van der Waals surface area contributed by atoms with E-state index in [9.17, 15) is 9.18 Å². The largest absolute Gasteiger partial charge is 0.378 e. The Morgan fingerprint density at radius 2 is 2.44 bits per heavy atom. The fourth-order valence-corrected chi connectivity index (χ4v) is 1.95. The molecule has 0 radical (unpaired) electrons. The summed E-state index contributed by atoms with van der Waals surface area (Å²) in [5.74, 6) is -0.726. The predicted molar refractivity (Wildman–Crippen MR) is 69.0 cm³/mol. The monoisotopic (exact) mass is 316 g/mol. The molecule has 98 valence electrons. The molecule has 0 spiro atoms. The molecule has 1 saturated heterocycles. The standard InChI is InChI=1S/C12H14BrFN2O2/c13-10-2-1-8(5-11(10)14)12(17)16-6-9-7-18-4-3-15-9/h1-2,5,9,15H,3-4,6-7H2,(H,16,17). The van der Waals surface area contributed by atoms with Crippen LogP contribution in [0.3, 0.4) is 0 Å². The molecule has 4 nitrogen and oxygen atoms in total. The summed E-state index contributed by atoms with van der Waals surface area (Å²) < 4.78 is 18.9. The fraction of sp³-hybridized carbons (Fsp3) is 0.417. The van der Waals surface area contributed by atoms with Gasteiger partial charge in [0.1, 0.15) is 5.82 Å². The molecule has 0 aromatic heterocycles. The maximum absolute atomic E-state index is 13.3. The minimum absolute atomic E-state index is 0.114. The molecule has 0 bridgehead atoms. The lowest BCUT2D eigenvalue weighted by atomic mass is 10.2. The smallest absolute Gasteiger partial charge is 0.251 e. The van der Waals surface area contributed by atoms with Gasteiger partial charge in [-0.05, 0) is 34.1 Å². The second-order valence-corrected chi connectivity index (χ2v) is 4.92. The summed E-state index contributed by atoms with van der Waals surface area (Å²) in [5.41, 5.74) is 0.312. The quantitative estimate of drug-likeness (QED) is 0.884. The Balaban J connectivity index is 1.88. The minimum Gasteiger partial charge on any atom is -0.378 e. The molecule has 1 amide bonds. The highest BCUT2D eigenvalue weighted by atomic mass is 79.9. The Morgan fingerprint density at radius 3 is 3.11 bits per heavy atom. The van der Waals surface area contributed by atoms with E-state index in [4.69, 9.17) is 4.74 Å². The highest BCUT2D eigenvalue weighted by Crippen LogP contribution is 2.16. The molecule has 1 heterocycles. The van der Waals surface area contributed by atoms with E-state index in [1.165, 1.54) is 12.1 Å². The molecule has 0 aliphatic carbocycles. The van der Waals surface area contributed by atoms with Crippen LogP contribution in [-0.2, 0) is 4.74 Å². The number of hydrogen-bond acceptors (Lipinski definition) is 3. The van der Waals surface area contributed by atoms with Crippen molar-refractivity contribution in [3.8, 4) is 0 Å². The first-order chi connectivity index (χ1) is 8.66. The summed E-state index contributed by atoms with van der Waals surface area (Å²) in [4.78, 5) is 11.8. The first-order valence-corrected chi connectivity index (χ1v) is 6.50. The maximum Gasteiger partial charge on any atom is 0.251 e. The second-order valence-electron chi connectivity index (χ2n) is 4.06. The number of benzene rings is 1. The summed E-state index contributed by atoms with van der Waals surface area (Å²) in [6.45, 7) is 2.53. The Bertz CT molecular complexity index is 436. The van der Waals surface area contributed by atoms with Gasteiger partial charge in [0.05, 0.1) is 17.7 Å². The summed E-state index contributed by atoms with van der Waals surface area (Å²) in [6.07, 6.45) is 0. The zero-order chi connectivity index (χ0) is 13.0. The highest BCUT2D eigenvalue weighted by Gasteiger charge is 2.15. The molecule has 2 N–H and O–H groups in total. The molecule has 18 heavy (non-hydrogen) atoms. The first-order valence-electron chi connectivity index (χ1n) is 5.71. The van der Waals surface area contributed by atoms with Gasteiger partial charge in [0.25, 0.3) is 5.91 Å². The lowest BCUT2D eigenvalue weighted by Gasteiger charge is -2.23. The maximum atomic E-state index is 13.3. The van der Waals surface area contributed by atoms with Crippen molar-refractivity contribution < 1.29 is 13.9 Å². The summed E-state index contributed by atoms with van der Waals surface area (Å²) >= 11 is 3.05. The molecular weight excluding hydrogens is 303 g/mol. The van der Waals surface area contributed by atoms with Gasteiger partial charge in [0.2, 0.25) is 0 Å². The second kappa shape index (κ2) is 6.26. The number of carbonyl (C=O) groups excluding carboxylic acids is 1. The number of rotatable bonds is 3. The van der Waals surface area contributed by atoms with Gasteiger partial charge in [-0.15, -0.1) is 0 Å². The van der Waals surface area contributed by atoms with Crippen LogP contribution in [0.4, 0.5) is 4.39 Å². The minimum atomic E-state index is -0.443. The van der Waals surface area contributed by atoms with Gasteiger partial charge in [-0.3, -0.25) is 4.79 Å². The van der Waals surface area contributed by atoms with Crippen molar-refractivity contribution >= 4 is 21.8 Å². The molecule has 1 atom stereocenters. The topological polar surface area (TPSA) is 50.4 Å². The van der Waals surface area contributed by atoms with Crippen molar-refractivity contribution in [2.75, 3.05) is 26.3 Å². The predicted octanol–water partition coefficient (Wildman–Crippen LogP) is 1.31. The number of hydrogen-bond donors (Lipinski definition) is 2. The molecule has 1 aromatic rings. The van der Waals surface area contributed by atoms with Crippen LogP contribution in [-0.4, -0.2) is 38.3 Å². The van der Waals surface area contributed by atoms with E-state index in [0.717, 1.165) is 6.54 Å². The third-order valence-corrected chi connectivity index (χ3v) is 3.33. The molecule has 1 unspecified atom stereocenters. The molecule has 0 saturated carbocycles. The number of morpholine rings is 1. The van der Waals surface area contributed by atoms with Crippen molar-refractivity contribution in [3.63, 3.8) is 0 Å². The molecule has 1 aliphatic heterocycles. The van der Waals surface area contributed by atoms with Crippen molar-refractivity contribution in [1.29, 1.82) is 0 Å². The first kappa shape index (κ1) is 13.5. The zero-order valence-electron chi connectivity index (χ0n) is 9.71. The van der Waals surface area contributed by atoms with E-state index < -0.39 is 5.82 Å². The number of nitrogens with one attached hydrogen (secondary N) is 2. The van der Waals surface area contributed by atoms with Crippen molar-refractivity contribution in [2.24, 2.45) is 0 Å². The van der Waals surface area contributed by atoms with Crippen LogP contribution in [0, 0.1) is 5.82 Å². The van der Waals surface area contributed by atoms with Crippen LogP contribution in [0.1, 0.15) is 10.4 Å². The van der Waals surface area contributed by atoms with Gasteiger partial charge in [-0.25, -0.2) is 4.39 Å². The third kappa shape index (κ3) is 3.51. The number of carbonyl (C=O) groups is 1. The van der Waals surface area contributed by atoms with E-state index in [0.29, 0.717) is 29.8 Å². The van der Waals surface area contributed by atoms with Gasteiger partial charge in [-0.2, -0.15) is 0 Å². The van der Waals surface area contributed by atoms with Crippen LogP contribution in [0.5, 0.6) is 0 Å². The van der Waals surface area contributed by atoms with Gasteiger partial charge in [0, 0.05) is 24.7 Å². The van der Waals surface area contributed by atoms with E-state index in [2.05, 4.69) is 26.6 Å². The summed E-state index contributed by atoms with van der Waals surface area (Å²) in [7, 11) is 0. The van der Waals surface area contributed by atoms with E-state index in [-0.39, 0.29) is 11.9 Å². The Hall–Kier alpha value is -0.980. The number of halogens is 2. The van der Waals surface area contributed by atoms with Crippen LogP contribution < -0.4 is 10.6 Å². The Kier molecular flexibility index (Phi) is 4.68. The number of amides is 1. The van der Waals surface area contributed by atoms with E-state index in [1.54, 1.807) is 6.07 Å². The summed E-state index contributed by atoms with van der Waals surface area (Å²) in [5, 5.41) is 5.98. The Morgan fingerprint density at radius 1 is 1.61 bits per heavy atom. The third-order valence-electron chi connectivity index (χ3n) is 2.69. The van der Waals surface area contributed by atoms with Crippen molar-refractivity contribution in [3.05, 3.63) is 34.1 Å². The lowest BCUT2D eigenvalue weighted by Crippen LogP contribution is -2.48. The summed E-state index contributed by atoms with van der Waals surface area (Å²) in [6, 6.07) is 4.42. The SMILES string of the molecule is O=C(NCC1COCCN1)c1ccc(Br)c(F)c1. The Labute approximate surface area is 113 Å². The molecule has 2 rings (SSSR count). The van der Waals surface area contributed by atoms with Crippen molar-refractivity contribution in [2.45, 2.75) is 6.04 Å². The molecule has 6 heteroatoms. The molecular formula is C12H14BrFN2O2. The van der Waals surface area contributed by atoms with Crippen LogP contribution in [0.2, 0.25) is 0 Å². The average molecular weight is 317 g/mol. The van der Waals surface area contributed by atoms with Crippen LogP contribution in [0.15, 0.2) is 22.7 Å². The highest BCUT2D eigenvalue weighted by molar-refractivity contribution is 9.10. The average Bonchev–Trinajstić information content (AvgIpc) is 2.40. The fourth-order valence-electron chi connectivity index (χ4n) is 1.71. The molecule has 1 aliphatic rings. The van der Waals surface area contributed by atoms with Gasteiger partial charge < -0.3 is 15.4 Å². The van der Waals surface area contributed by atoms with Crippen molar-refractivity contribution in [1.82, 2.24) is 10.6 Å². The lowest BCUT2D eigenvalue weighted by molar-refractivity contribution is 0.0734. The molecule has 1 aromatic carbocycles. The van der Waals surface area contributed by atoms with E-state index >= 15 is 0 Å². The molecule has 1 fully saturated rings. The zero-order valence-corrected chi connectivity index (χ0v) is 11.3. The van der Waals surface area contributed by atoms with Gasteiger partial charge >= 0.3 is 0 Å². The van der Waals surface area contributed by atoms with Gasteiger partial charge in [-0.1, -0.05) is 0 Å². The number of ether oxygens (including phenoxy) is 1. The van der Waals surface area contributed by atoms with Gasteiger partial charge in [0.15, 0.2) is 0 Å². The van der Waals surface area contributed by atoms with Crippen LogP contribution in [0.25, 0.3) is 0 Å². The normalized spacial score (nSPS) is 19.6.